The van der Waals surface area contributed by atoms with E-state index in [1.807, 2.05) is 18.7 Å². The number of furan rings is 1. The summed E-state index contributed by atoms with van der Waals surface area (Å²) in [6.07, 6.45) is 0. The molecule has 0 radical (unpaired) electrons. The van der Waals surface area contributed by atoms with Crippen LogP contribution in [0.2, 0.25) is 0 Å². The second kappa shape index (κ2) is 7.40. The fourth-order valence-electron chi connectivity index (χ4n) is 3.91. The lowest BCUT2D eigenvalue weighted by atomic mass is 10.1. The van der Waals surface area contributed by atoms with Crippen molar-refractivity contribution in [3.05, 3.63) is 62.9 Å². The van der Waals surface area contributed by atoms with Gasteiger partial charge in [-0.15, -0.1) is 0 Å². The first-order valence-electron chi connectivity index (χ1n) is 9.67. The average molecular weight is 396 g/mol. The molecule has 1 saturated heterocycles. The maximum Gasteiger partial charge on any atom is 0.336 e. The summed E-state index contributed by atoms with van der Waals surface area (Å²) in [7, 11) is 0. The van der Waals surface area contributed by atoms with Crippen LogP contribution in [-0.4, -0.2) is 47.0 Å². The van der Waals surface area contributed by atoms with Crippen LogP contribution in [0.4, 0.5) is 0 Å². The van der Waals surface area contributed by atoms with E-state index >= 15 is 0 Å². The predicted molar refractivity (Wildman–Crippen MR) is 108 cm³/mol. The van der Waals surface area contributed by atoms with Crippen molar-refractivity contribution in [1.29, 1.82) is 0 Å². The SMILES string of the molecule is Cc1cc(C(=O)N2CCN(Cc3cc(=O)oc4c(C)c(O)ccc34)CC2)c(C)o1. The van der Waals surface area contributed by atoms with Crippen LogP contribution < -0.4 is 5.63 Å². The van der Waals surface area contributed by atoms with Crippen molar-refractivity contribution in [2.24, 2.45) is 0 Å². The molecular weight excluding hydrogens is 372 g/mol. The van der Waals surface area contributed by atoms with Gasteiger partial charge in [-0.05, 0) is 44.5 Å². The number of hydrogen-bond donors (Lipinski definition) is 1. The van der Waals surface area contributed by atoms with Crippen LogP contribution in [0.25, 0.3) is 11.0 Å². The van der Waals surface area contributed by atoms with Crippen molar-refractivity contribution in [1.82, 2.24) is 9.80 Å². The second-order valence-corrected chi connectivity index (χ2v) is 7.57. The molecule has 152 valence electrons. The number of fused-ring (bicyclic) bond motifs is 1. The number of carbonyl (C=O) groups excluding carboxylic acids is 1. The number of carbonyl (C=O) groups is 1. The summed E-state index contributed by atoms with van der Waals surface area (Å²) in [4.78, 5) is 28.8. The molecule has 2 aromatic heterocycles. The fraction of sp³-hybridized carbons (Fsp3) is 0.364. The van der Waals surface area contributed by atoms with Crippen molar-refractivity contribution in [2.75, 3.05) is 26.2 Å². The number of amides is 1. The standard InChI is InChI=1S/C22H24N2O5/c1-13-10-18(15(3)28-13)22(27)24-8-6-23(7-9-24)12-16-11-20(26)29-21-14(2)19(25)5-4-17(16)21/h4-5,10-11,25H,6-9,12H2,1-3H3. The highest BCUT2D eigenvalue weighted by molar-refractivity contribution is 5.95. The zero-order valence-electron chi connectivity index (χ0n) is 16.8. The lowest BCUT2D eigenvalue weighted by Crippen LogP contribution is -2.48. The summed E-state index contributed by atoms with van der Waals surface area (Å²) >= 11 is 0. The van der Waals surface area contributed by atoms with E-state index in [9.17, 15) is 14.7 Å². The lowest BCUT2D eigenvalue weighted by Gasteiger charge is -2.34. The number of rotatable bonds is 3. The molecule has 0 atom stereocenters. The Morgan fingerprint density at radius 2 is 1.79 bits per heavy atom. The predicted octanol–water partition coefficient (Wildman–Crippen LogP) is 2.97. The van der Waals surface area contributed by atoms with Crippen molar-refractivity contribution in [2.45, 2.75) is 27.3 Å². The summed E-state index contributed by atoms with van der Waals surface area (Å²) in [6.45, 7) is 8.60. The van der Waals surface area contributed by atoms with Crippen molar-refractivity contribution >= 4 is 16.9 Å². The molecule has 3 aromatic rings. The van der Waals surface area contributed by atoms with E-state index in [0.717, 1.165) is 16.7 Å². The highest BCUT2D eigenvalue weighted by atomic mass is 16.4. The zero-order valence-corrected chi connectivity index (χ0v) is 16.8. The minimum absolute atomic E-state index is 0.00379. The third-order valence-corrected chi connectivity index (χ3v) is 5.54. The van der Waals surface area contributed by atoms with E-state index in [-0.39, 0.29) is 11.7 Å². The summed E-state index contributed by atoms with van der Waals surface area (Å²) in [5.74, 6) is 1.49. The number of benzene rings is 1. The molecule has 0 aliphatic carbocycles. The number of phenols is 1. The average Bonchev–Trinajstić information content (AvgIpc) is 3.03. The second-order valence-electron chi connectivity index (χ2n) is 7.57. The summed E-state index contributed by atoms with van der Waals surface area (Å²) in [6, 6.07) is 6.69. The Kier molecular flexibility index (Phi) is 4.92. The van der Waals surface area contributed by atoms with Gasteiger partial charge in [0.2, 0.25) is 0 Å². The number of aromatic hydroxyl groups is 1. The van der Waals surface area contributed by atoms with Crippen LogP contribution in [0.1, 0.15) is 33.0 Å². The van der Waals surface area contributed by atoms with Crippen molar-refractivity contribution in [3.8, 4) is 5.75 Å². The third kappa shape index (κ3) is 3.65. The zero-order chi connectivity index (χ0) is 20.7. The Bertz CT molecular complexity index is 1140. The number of hydrogen-bond acceptors (Lipinski definition) is 6. The largest absolute Gasteiger partial charge is 0.508 e. The smallest absolute Gasteiger partial charge is 0.336 e. The lowest BCUT2D eigenvalue weighted by molar-refractivity contribution is 0.0627. The van der Waals surface area contributed by atoms with Gasteiger partial charge in [0.15, 0.2) is 0 Å². The normalized spacial score (nSPS) is 15.2. The van der Waals surface area contributed by atoms with Crippen molar-refractivity contribution < 1.29 is 18.7 Å². The Morgan fingerprint density at radius 1 is 1.07 bits per heavy atom. The molecular formula is C22H24N2O5. The van der Waals surface area contributed by atoms with Gasteiger partial charge in [-0.1, -0.05) is 0 Å². The number of aryl methyl sites for hydroxylation is 3. The molecule has 1 aliphatic rings. The first-order chi connectivity index (χ1) is 13.8. The van der Waals surface area contributed by atoms with Gasteiger partial charge < -0.3 is 18.8 Å². The third-order valence-electron chi connectivity index (χ3n) is 5.54. The minimum Gasteiger partial charge on any atom is -0.508 e. The highest BCUT2D eigenvalue weighted by Crippen LogP contribution is 2.28. The van der Waals surface area contributed by atoms with E-state index in [1.165, 1.54) is 6.07 Å². The van der Waals surface area contributed by atoms with Gasteiger partial charge in [-0.25, -0.2) is 4.79 Å². The van der Waals surface area contributed by atoms with Crippen LogP contribution in [0, 0.1) is 20.8 Å². The van der Waals surface area contributed by atoms with E-state index in [2.05, 4.69) is 4.90 Å². The monoisotopic (exact) mass is 396 g/mol. The summed E-state index contributed by atoms with van der Waals surface area (Å²) in [5, 5.41) is 10.7. The van der Waals surface area contributed by atoms with Crippen molar-refractivity contribution in [3.63, 3.8) is 0 Å². The number of nitrogens with zero attached hydrogens (tertiary/aromatic N) is 2. The van der Waals surface area contributed by atoms with Gasteiger partial charge in [0.05, 0.1) is 5.56 Å². The first-order valence-corrected chi connectivity index (χ1v) is 9.67. The molecule has 7 nitrogen and oxygen atoms in total. The van der Waals surface area contributed by atoms with Gasteiger partial charge in [0, 0.05) is 49.7 Å². The van der Waals surface area contributed by atoms with E-state index in [0.29, 0.717) is 55.2 Å². The Balaban J connectivity index is 1.49. The van der Waals surface area contributed by atoms with Gasteiger partial charge in [-0.2, -0.15) is 0 Å². The number of phenolic OH excluding ortho intramolecular Hbond substituents is 1. The molecule has 0 spiro atoms. The van der Waals surface area contributed by atoms with Gasteiger partial charge in [-0.3, -0.25) is 9.69 Å². The molecule has 1 amide bonds. The molecule has 1 fully saturated rings. The molecule has 7 heteroatoms. The van der Waals surface area contributed by atoms with Gasteiger partial charge in [0.25, 0.3) is 5.91 Å². The molecule has 3 heterocycles. The van der Waals surface area contributed by atoms with Crippen LogP contribution in [-0.2, 0) is 6.54 Å². The fourth-order valence-corrected chi connectivity index (χ4v) is 3.91. The van der Waals surface area contributed by atoms with Gasteiger partial charge in [0.1, 0.15) is 22.9 Å². The maximum atomic E-state index is 12.8. The Hall–Kier alpha value is -3.06. The van der Waals surface area contributed by atoms with E-state index in [4.69, 9.17) is 8.83 Å². The molecule has 1 aliphatic heterocycles. The van der Waals surface area contributed by atoms with E-state index in [1.54, 1.807) is 25.1 Å². The molecule has 1 aromatic carbocycles. The highest BCUT2D eigenvalue weighted by Gasteiger charge is 2.25. The first kappa shape index (κ1) is 19.3. The molecule has 4 rings (SSSR count). The summed E-state index contributed by atoms with van der Waals surface area (Å²) < 4.78 is 10.8. The van der Waals surface area contributed by atoms with Crippen LogP contribution in [0.3, 0.4) is 0 Å². The Labute approximate surface area is 168 Å². The minimum atomic E-state index is -0.430. The quantitative estimate of drug-likeness (QED) is 0.685. The molecule has 0 bridgehead atoms. The molecule has 0 saturated carbocycles. The van der Waals surface area contributed by atoms with Gasteiger partial charge >= 0.3 is 5.63 Å². The van der Waals surface area contributed by atoms with Crippen LogP contribution in [0.5, 0.6) is 5.75 Å². The number of piperazine rings is 1. The van der Waals surface area contributed by atoms with E-state index < -0.39 is 5.63 Å². The molecule has 0 unspecified atom stereocenters. The Morgan fingerprint density at radius 3 is 2.45 bits per heavy atom. The maximum absolute atomic E-state index is 12.8. The molecule has 1 N–H and O–H groups in total. The van der Waals surface area contributed by atoms with Crippen LogP contribution >= 0.6 is 0 Å². The van der Waals surface area contributed by atoms with Crippen LogP contribution in [0.15, 0.2) is 37.9 Å². The summed E-state index contributed by atoms with van der Waals surface area (Å²) in [5.41, 5.74) is 2.04. The topological polar surface area (TPSA) is 87.1 Å². The molecule has 29 heavy (non-hydrogen) atoms.